The van der Waals surface area contributed by atoms with Gasteiger partial charge in [0.2, 0.25) is 0 Å². The van der Waals surface area contributed by atoms with Crippen LogP contribution in [-0.2, 0) is 14.9 Å². The van der Waals surface area contributed by atoms with E-state index in [1.807, 2.05) is 0 Å². The molecule has 0 aliphatic heterocycles. The molecule has 0 aromatic carbocycles. The summed E-state index contributed by atoms with van der Waals surface area (Å²) in [6.45, 7) is 2.21. The molecule has 154 valence electrons. The van der Waals surface area contributed by atoms with Crippen molar-refractivity contribution in [1.82, 2.24) is 5.32 Å². The molecule has 0 aromatic heterocycles. The average Bonchev–Trinajstić information content (AvgIpc) is 2.57. The average molecular weight is 412 g/mol. The molecule has 0 atom stereocenters. The number of carbonyl (C=O) groups is 1. The van der Waals surface area contributed by atoms with Crippen LogP contribution in [0.2, 0.25) is 0 Å². The van der Waals surface area contributed by atoms with Gasteiger partial charge in [-0.15, -0.1) is 0 Å². The molecule has 0 spiro atoms. The first-order valence-electron chi connectivity index (χ1n) is 10.3. The van der Waals surface area contributed by atoms with Crippen molar-refractivity contribution in [3.05, 3.63) is 12.2 Å². The van der Waals surface area contributed by atoms with Gasteiger partial charge in [-0.3, -0.25) is 10.1 Å². The number of nitrogens with one attached hydrogen (secondary N) is 1. The second-order valence-electron chi connectivity index (χ2n) is 7.00. The molecule has 0 amide bonds. The first kappa shape index (κ1) is 29.5. The molecule has 0 rings (SSSR count). The quantitative estimate of drug-likeness (QED) is 0.151. The number of carbonyl (C=O) groups excluding carboxylic acids is 1. The summed E-state index contributed by atoms with van der Waals surface area (Å²) in [5.41, 5.74) is 0. The zero-order chi connectivity index (χ0) is 19.5. The van der Waals surface area contributed by atoms with Crippen LogP contribution in [0.1, 0.15) is 96.8 Å². The van der Waals surface area contributed by atoms with Gasteiger partial charge in [0.05, 0.1) is 12.4 Å². The summed E-state index contributed by atoms with van der Waals surface area (Å²) in [6, 6.07) is 0. The number of Topliss-reactive ketones (excluding diaryl/α,β-unsaturated/α-hetero) is 1. The zero-order valence-electron chi connectivity index (χ0n) is 17.5. The first-order valence-corrected chi connectivity index (χ1v) is 11.8. The van der Waals surface area contributed by atoms with Crippen molar-refractivity contribution in [2.45, 2.75) is 96.8 Å². The van der Waals surface area contributed by atoms with Crippen LogP contribution >= 0.6 is 0 Å². The number of unbranched alkanes of at least 4 members (excludes halogenated alkanes) is 11. The molecular weight excluding hydrogens is 373 g/mol. The Morgan fingerprint density at radius 2 is 1.33 bits per heavy atom. The third kappa shape index (κ3) is 26.3. The van der Waals surface area contributed by atoms with Crippen LogP contribution in [0.15, 0.2) is 12.2 Å². The third-order valence-electron chi connectivity index (χ3n) is 4.32. The van der Waals surface area contributed by atoms with E-state index in [9.17, 15) is 17.8 Å². The normalized spacial score (nSPS) is 11.6. The van der Waals surface area contributed by atoms with E-state index < -0.39 is 16.0 Å². The topological polar surface area (TPSA) is 86.3 Å². The molecule has 0 aromatic rings. The molecular formula is C20H38NNaO4S. The van der Waals surface area contributed by atoms with E-state index >= 15 is 0 Å². The summed E-state index contributed by atoms with van der Waals surface area (Å²) < 4.78 is 31.2. The summed E-state index contributed by atoms with van der Waals surface area (Å²) in [5.74, 6) is -0.711. The molecule has 0 aliphatic rings. The fraction of sp³-hybridized carbons (Fsp3) is 0.850. The van der Waals surface area contributed by atoms with Gasteiger partial charge >= 0.3 is 29.6 Å². The van der Waals surface area contributed by atoms with Gasteiger partial charge in [-0.1, -0.05) is 70.4 Å². The van der Waals surface area contributed by atoms with Crippen molar-refractivity contribution >= 4 is 15.9 Å². The minimum atomic E-state index is -4.29. The number of allylic oxidation sites excluding steroid dienone is 2. The van der Waals surface area contributed by atoms with Gasteiger partial charge < -0.3 is 4.55 Å². The SMILES string of the molecule is CCCCCCCC/C=C\CCCCCCCC(=O)CNCS(=O)(=O)[O-].[Na+]. The summed E-state index contributed by atoms with van der Waals surface area (Å²) >= 11 is 0. The fourth-order valence-corrected chi connectivity index (χ4v) is 3.15. The summed E-state index contributed by atoms with van der Waals surface area (Å²) in [4.78, 5) is 11.5. The van der Waals surface area contributed by atoms with Crippen LogP contribution < -0.4 is 34.9 Å². The van der Waals surface area contributed by atoms with Crippen molar-refractivity contribution in [1.29, 1.82) is 0 Å². The molecule has 0 saturated heterocycles. The number of hydrogen-bond donors (Lipinski definition) is 1. The maximum Gasteiger partial charge on any atom is 1.00 e. The van der Waals surface area contributed by atoms with E-state index in [0.29, 0.717) is 6.42 Å². The van der Waals surface area contributed by atoms with Crippen LogP contribution in [0, 0.1) is 0 Å². The van der Waals surface area contributed by atoms with E-state index in [1.165, 1.54) is 57.8 Å². The van der Waals surface area contributed by atoms with Crippen LogP contribution in [-0.4, -0.2) is 31.2 Å². The van der Waals surface area contributed by atoms with Crippen LogP contribution in [0.25, 0.3) is 0 Å². The molecule has 1 N–H and O–H groups in total. The molecule has 0 aliphatic carbocycles. The van der Waals surface area contributed by atoms with Gasteiger partial charge in [0.25, 0.3) is 0 Å². The van der Waals surface area contributed by atoms with Crippen molar-refractivity contribution in [3.8, 4) is 0 Å². The fourth-order valence-electron chi connectivity index (χ4n) is 2.80. The van der Waals surface area contributed by atoms with Crippen molar-refractivity contribution in [2.75, 3.05) is 12.4 Å². The smallest absolute Gasteiger partial charge is 0.747 e. The number of rotatable bonds is 19. The summed E-state index contributed by atoms with van der Waals surface area (Å²) in [7, 11) is -4.29. The Morgan fingerprint density at radius 3 is 1.85 bits per heavy atom. The van der Waals surface area contributed by atoms with E-state index in [2.05, 4.69) is 24.4 Å². The van der Waals surface area contributed by atoms with Gasteiger partial charge in [0.1, 0.15) is 15.9 Å². The Morgan fingerprint density at radius 1 is 0.852 bits per heavy atom. The van der Waals surface area contributed by atoms with Gasteiger partial charge in [0, 0.05) is 6.42 Å². The second kappa shape index (κ2) is 21.0. The molecule has 0 fully saturated rings. The molecule has 0 bridgehead atoms. The van der Waals surface area contributed by atoms with Gasteiger partial charge in [-0.2, -0.15) is 0 Å². The molecule has 0 saturated carbocycles. The monoisotopic (exact) mass is 411 g/mol. The predicted octanol–water partition coefficient (Wildman–Crippen LogP) is 1.69. The van der Waals surface area contributed by atoms with Crippen molar-refractivity contribution in [3.63, 3.8) is 0 Å². The Kier molecular flexibility index (Phi) is 22.9. The maximum absolute atomic E-state index is 11.5. The Balaban J connectivity index is 0. The molecule has 27 heavy (non-hydrogen) atoms. The largest absolute Gasteiger partial charge is 1.00 e. The molecule has 7 heteroatoms. The van der Waals surface area contributed by atoms with E-state index in [4.69, 9.17) is 0 Å². The molecule has 0 heterocycles. The standard InChI is InChI=1S/C20H39NO4S.Na/c1-2-3-4-5-6-7-8-9-10-11-12-13-14-15-16-17-20(22)18-21-19-26(23,24)25;/h9-10,21H,2-8,11-19H2,1H3,(H,23,24,25);/q;+1/p-1/b10-9-;. The Hall–Kier alpha value is 0.280. The van der Waals surface area contributed by atoms with Crippen LogP contribution in [0.3, 0.4) is 0 Å². The molecule has 5 nitrogen and oxygen atoms in total. The number of ketones is 1. The third-order valence-corrected chi connectivity index (χ3v) is 4.88. The van der Waals surface area contributed by atoms with Gasteiger partial charge in [0.15, 0.2) is 0 Å². The molecule has 0 radical (unpaired) electrons. The van der Waals surface area contributed by atoms with E-state index in [-0.39, 0.29) is 41.9 Å². The number of hydrogen-bond acceptors (Lipinski definition) is 5. The van der Waals surface area contributed by atoms with E-state index in [1.54, 1.807) is 0 Å². The Bertz CT molecular complexity index is 467. The van der Waals surface area contributed by atoms with Crippen molar-refractivity contribution in [2.24, 2.45) is 0 Å². The predicted molar refractivity (Wildman–Crippen MR) is 107 cm³/mol. The van der Waals surface area contributed by atoms with Gasteiger partial charge in [-0.25, -0.2) is 8.42 Å². The van der Waals surface area contributed by atoms with Crippen molar-refractivity contribution < 1.29 is 47.3 Å². The molecule has 0 unspecified atom stereocenters. The zero-order valence-corrected chi connectivity index (χ0v) is 20.3. The summed E-state index contributed by atoms with van der Waals surface area (Å²) in [5, 5.41) is 2.37. The first-order chi connectivity index (χ1) is 12.5. The van der Waals surface area contributed by atoms with E-state index in [0.717, 1.165) is 25.7 Å². The Labute approximate surface area is 189 Å². The minimum absolute atomic E-state index is 0. The summed E-state index contributed by atoms with van der Waals surface area (Å²) in [6.07, 6.45) is 20.9. The minimum Gasteiger partial charge on any atom is -0.747 e. The van der Waals surface area contributed by atoms with Crippen LogP contribution in [0.5, 0.6) is 0 Å². The van der Waals surface area contributed by atoms with Crippen LogP contribution in [0.4, 0.5) is 0 Å². The van der Waals surface area contributed by atoms with Gasteiger partial charge in [-0.05, 0) is 32.1 Å². The maximum atomic E-state index is 11.5. The second-order valence-corrected chi connectivity index (χ2v) is 8.41.